The van der Waals surface area contributed by atoms with E-state index in [1.54, 1.807) is 19.1 Å². The van der Waals surface area contributed by atoms with Crippen molar-refractivity contribution in [2.75, 3.05) is 7.05 Å². The van der Waals surface area contributed by atoms with E-state index in [-0.39, 0.29) is 47.7 Å². The molecule has 3 aromatic rings. The van der Waals surface area contributed by atoms with E-state index in [4.69, 9.17) is 4.74 Å². The van der Waals surface area contributed by atoms with Gasteiger partial charge >= 0.3 is 5.97 Å². The van der Waals surface area contributed by atoms with Crippen molar-refractivity contribution >= 4 is 16.9 Å². The molecule has 0 spiro atoms. The molecule has 186 valence electrons. The van der Waals surface area contributed by atoms with Crippen LogP contribution in [0.25, 0.3) is 22.2 Å². The van der Waals surface area contributed by atoms with Gasteiger partial charge in [-0.1, -0.05) is 6.92 Å². The van der Waals surface area contributed by atoms with Crippen LogP contribution in [0.2, 0.25) is 0 Å². The Hall–Kier alpha value is -3.30. The fourth-order valence-electron chi connectivity index (χ4n) is 6.54. The molecule has 8 nitrogen and oxygen atoms in total. The van der Waals surface area contributed by atoms with Gasteiger partial charge in [0.2, 0.25) is 0 Å². The largest absolute Gasteiger partial charge is 0.458 e. The van der Waals surface area contributed by atoms with Crippen molar-refractivity contribution in [1.29, 1.82) is 0 Å². The Balaban J connectivity index is 1.51. The lowest BCUT2D eigenvalue weighted by Crippen LogP contribution is -2.44. The summed E-state index contributed by atoms with van der Waals surface area (Å²) in [6.07, 6.45) is 3.05. The number of hydrogen-bond donors (Lipinski definition) is 1. The number of aryl methyl sites for hydroxylation is 1. The number of nitrogens with zero attached hydrogens (tertiary/aromatic N) is 3. The number of cyclic esters (lactones) is 1. The summed E-state index contributed by atoms with van der Waals surface area (Å²) in [5.74, 6) is -1.26. The van der Waals surface area contributed by atoms with Crippen LogP contribution in [0, 0.1) is 5.82 Å². The van der Waals surface area contributed by atoms with Crippen LogP contribution < -0.4 is 11.0 Å². The highest BCUT2D eigenvalue weighted by Crippen LogP contribution is 2.43. The number of aromatic nitrogens is 2. The third kappa shape index (κ3) is 2.67. The van der Waals surface area contributed by atoms with E-state index in [0.717, 1.165) is 30.3 Å². The maximum Gasteiger partial charge on any atom is 0.343 e. The standard InChI is InChI=1S/C27H26FN3O5/c1-3-27(35)18-10-20-22-21(11-31(20)25(33)17(18)12-36-26(27)34)30-7-6-19(29(2)14-4-5-14)15-8-13(28)9-16(23(15)30)24(22)32/h8-10,14,19,35H,3-7,11-12H2,1-2H3/t19-,27+/m1/s1. The fraction of sp³-hybridized carbons (Fsp3) is 0.444. The highest BCUT2D eigenvalue weighted by molar-refractivity contribution is 5.90. The van der Waals surface area contributed by atoms with Crippen molar-refractivity contribution < 1.29 is 19.0 Å². The molecule has 9 heteroatoms. The molecule has 0 unspecified atom stereocenters. The molecule has 1 N–H and O–H groups in total. The minimum absolute atomic E-state index is 0.0229. The van der Waals surface area contributed by atoms with Crippen molar-refractivity contribution in [3.63, 3.8) is 0 Å². The average molecular weight is 492 g/mol. The normalized spacial score (nSPS) is 24.0. The van der Waals surface area contributed by atoms with Gasteiger partial charge < -0.3 is 19.0 Å². The second kappa shape index (κ2) is 7.14. The molecule has 0 bridgehead atoms. The van der Waals surface area contributed by atoms with Crippen molar-refractivity contribution in [3.8, 4) is 11.3 Å². The van der Waals surface area contributed by atoms with Gasteiger partial charge in [-0.2, -0.15) is 0 Å². The van der Waals surface area contributed by atoms with Crippen LogP contribution in [0.5, 0.6) is 0 Å². The summed E-state index contributed by atoms with van der Waals surface area (Å²) in [6, 6.07) is 4.92. The third-order valence-electron chi connectivity index (χ3n) is 8.67. The monoisotopic (exact) mass is 491 g/mol. The van der Waals surface area contributed by atoms with E-state index in [1.807, 2.05) is 0 Å². The third-order valence-corrected chi connectivity index (χ3v) is 8.67. The smallest absolute Gasteiger partial charge is 0.343 e. The van der Waals surface area contributed by atoms with Crippen molar-refractivity contribution in [1.82, 2.24) is 14.0 Å². The molecule has 5 heterocycles. The summed E-state index contributed by atoms with van der Waals surface area (Å²) in [5.41, 5.74) is 0.688. The van der Waals surface area contributed by atoms with Gasteiger partial charge in [-0.15, -0.1) is 0 Å². The first-order valence-corrected chi connectivity index (χ1v) is 12.5. The molecule has 1 fully saturated rings. The van der Waals surface area contributed by atoms with Crippen molar-refractivity contribution in [2.45, 2.75) is 70.0 Å². The summed E-state index contributed by atoms with van der Waals surface area (Å²) >= 11 is 0. The maximum atomic E-state index is 14.9. The van der Waals surface area contributed by atoms with Crippen LogP contribution in [-0.2, 0) is 34.8 Å². The number of benzene rings is 1. The summed E-state index contributed by atoms with van der Waals surface area (Å²) in [6.45, 7) is 2.26. The van der Waals surface area contributed by atoms with Gasteiger partial charge in [0.25, 0.3) is 5.56 Å². The number of aliphatic hydroxyl groups is 1. The lowest BCUT2D eigenvalue weighted by Gasteiger charge is -2.35. The number of esters is 1. The molecule has 2 atom stereocenters. The lowest BCUT2D eigenvalue weighted by atomic mass is 9.85. The maximum absolute atomic E-state index is 14.9. The molecular formula is C27H26FN3O5. The first-order valence-electron chi connectivity index (χ1n) is 12.5. The summed E-state index contributed by atoms with van der Waals surface area (Å²) < 4.78 is 23.6. The SMILES string of the molecule is CC[C@@]1(O)C(=O)OCc2c1cc1n(c2=O)Cc2c-1c(=O)c1cc(F)cc3c1n2CC[C@H]3N(C)C1CC1. The Bertz CT molecular complexity index is 1640. The Morgan fingerprint density at radius 2 is 1.94 bits per heavy atom. The summed E-state index contributed by atoms with van der Waals surface area (Å²) in [7, 11) is 2.07. The van der Waals surface area contributed by atoms with E-state index in [1.165, 1.54) is 10.6 Å². The van der Waals surface area contributed by atoms with Crippen LogP contribution in [0.1, 0.15) is 61.0 Å². The zero-order valence-corrected chi connectivity index (χ0v) is 20.1. The Labute approximate surface area is 205 Å². The second-order valence-electron chi connectivity index (χ2n) is 10.5. The van der Waals surface area contributed by atoms with Gasteiger partial charge in [0, 0.05) is 29.6 Å². The zero-order chi connectivity index (χ0) is 25.1. The molecule has 2 aromatic heterocycles. The molecule has 36 heavy (non-hydrogen) atoms. The van der Waals surface area contributed by atoms with Gasteiger partial charge in [-0.25, -0.2) is 9.18 Å². The number of fused-ring (bicyclic) bond motifs is 5. The van der Waals surface area contributed by atoms with E-state index >= 15 is 0 Å². The predicted octanol–water partition coefficient (Wildman–Crippen LogP) is 2.52. The Morgan fingerprint density at radius 1 is 1.17 bits per heavy atom. The predicted molar refractivity (Wildman–Crippen MR) is 129 cm³/mol. The van der Waals surface area contributed by atoms with E-state index < -0.39 is 17.4 Å². The molecule has 0 amide bonds. The van der Waals surface area contributed by atoms with Crippen molar-refractivity contribution in [2.24, 2.45) is 0 Å². The van der Waals surface area contributed by atoms with Gasteiger partial charge in [0.05, 0.1) is 34.6 Å². The highest BCUT2D eigenvalue weighted by Gasteiger charge is 2.46. The molecule has 1 saturated carbocycles. The van der Waals surface area contributed by atoms with E-state index in [2.05, 4.69) is 16.5 Å². The number of halogens is 1. The molecule has 0 saturated heterocycles. The van der Waals surface area contributed by atoms with Crippen LogP contribution in [0.3, 0.4) is 0 Å². The van der Waals surface area contributed by atoms with E-state index in [0.29, 0.717) is 34.9 Å². The first-order chi connectivity index (χ1) is 17.2. The Morgan fingerprint density at radius 3 is 2.67 bits per heavy atom. The summed E-state index contributed by atoms with van der Waals surface area (Å²) in [4.78, 5) is 42.2. The lowest BCUT2D eigenvalue weighted by molar-refractivity contribution is -0.172. The Kier molecular flexibility index (Phi) is 4.35. The average Bonchev–Trinajstić information content (AvgIpc) is 3.64. The number of carbonyl (C=O) groups is 1. The number of ether oxygens (including phenoxy) is 1. The van der Waals surface area contributed by atoms with Crippen LogP contribution in [-0.4, -0.2) is 38.2 Å². The van der Waals surface area contributed by atoms with Gasteiger partial charge in [0.15, 0.2) is 11.0 Å². The zero-order valence-electron chi connectivity index (χ0n) is 20.1. The minimum Gasteiger partial charge on any atom is -0.458 e. The number of pyridine rings is 2. The number of hydrogen-bond acceptors (Lipinski definition) is 6. The van der Waals surface area contributed by atoms with Crippen LogP contribution in [0.15, 0.2) is 27.8 Å². The highest BCUT2D eigenvalue weighted by atomic mass is 19.1. The van der Waals surface area contributed by atoms with E-state index in [9.17, 15) is 23.9 Å². The number of rotatable bonds is 3. The molecule has 4 aliphatic rings. The van der Waals surface area contributed by atoms with Gasteiger partial charge in [-0.3, -0.25) is 14.5 Å². The van der Waals surface area contributed by atoms with Crippen LogP contribution in [0.4, 0.5) is 4.39 Å². The van der Waals surface area contributed by atoms with Crippen molar-refractivity contribution in [3.05, 3.63) is 67.0 Å². The molecule has 0 radical (unpaired) electrons. The number of carbonyl (C=O) groups excluding carboxylic acids is 1. The van der Waals surface area contributed by atoms with Gasteiger partial charge in [0.1, 0.15) is 12.4 Å². The summed E-state index contributed by atoms with van der Waals surface area (Å²) in [5, 5.41) is 11.4. The second-order valence-corrected chi connectivity index (χ2v) is 10.5. The molecular weight excluding hydrogens is 465 g/mol. The molecule has 7 rings (SSSR count). The van der Waals surface area contributed by atoms with Gasteiger partial charge in [-0.05, 0) is 56.5 Å². The molecule has 1 aliphatic carbocycles. The first kappa shape index (κ1) is 21.9. The van der Waals surface area contributed by atoms with Crippen LogP contribution >= 0.6 is 0 Å². The quantitative estimate of drug-likeness (QED) is 0.443. The fourth-order valence-corrected chi connectivity index (χ4v) is 6.54. The topological polar surface area (TPSA) is 93.8 Å². The minimum atomic E-state index is -1.95. The molecule has 3 aliphatic heterocycles. The molecule has 1 aromatic carbocycles.